The number of nitrogens with zero attached hydrogens (tertiary/aromatic N) is 1. The largest absolute Gasteiger partial charge is 0.465 e. The molecule has 2 heterocycles. The van der Waals surface area contributed by atoms with Crippen LogP contribution in [0.4, 0.5) is 0 Å². The molecule has 2 rings (SSSR count). The van der Waals surface area contributed by atoms with E-state index in [0.29, 0.717) is 25.4 Å². The van der Waals surface area contributed by atoms with Crippen LogP contribution < -0.4 is 4.74 Å². The van der Waals surface area contributed by atoms with Gasteiger partial charge in [0.15, 0.2) is 18.8 Å². The van der Waals surface area contributed by atoms with Crippen molar-refractivity contribution in [3.05, 3.63) is 82.1 Å². The molecule has 5 nitrogen and oxygen atoms in total. The van der Waals surface area contributed by atoms with Crippen molar-refractivity contribution >= 4 is 15.9 Å². The van der Waals surface area contributed by atoms with Crippen molar-refractivity contribution < 1.29 is 18.9 Å². The van der Waals surface area contributed by atoms with E-state index in [0.717, 1.165) is 26.7 Å². The lowest BCUT2D eigenvalue weighted by Gasteiger charge is -2.13. The monoisotopic (exact) mass is 461 g/mol. The van der Waals surface area contributed by atoms with Crippen LogP contribution in [0.3, 0.4) is 0 Å². The summed E-state index contributed by atoms with van der Waals surface area (Å²) in [5.41, 5.74) is 4.13. The first-order valence-corrected chi connectivity index (χ1v) is 10.2. The molecule has 0 amide bonds. The number of methoxy groups -OCH3 is 1. The van der Waals surface area contributed by atoms with E-state index in [1.54, 1.807) is 19.4 Å². The van der Waals surface area contributed by atoms with E-state index in [-0.39, 0.29) is 6.79 Å². The maximum Gasteiger partial charge on any atom is 0.188 e. The Hall–Kier alpha value is -1.99. The zero-order chi connectivity index (χ0) is 21.1. The Balaban J connectivity index is 2.61. The summed E-state index contributed by atoms with van der Waals surface area (Å²) in [5.74, 6) is 0.558. The van der Waals surface area contributed by atoms with E-state index in [2.05, 4.69) is 39.6 Å². The van der Waals surface area contributed by atoms with Crippen molar-refractivity contribution in [3.63, 3.8) is 0 Å². The molecule has 1 saturated heterocycles. The summed E-state index contributed by atoms with van der Waals surface area (Å²) in [7, 11) is 1.58. The predicted octanol–water partition coefficient (Wildman–Crippen LogP) is 5.54. The first-order valence-electron chi connectivity index (χ1n) is 9.40. The molecule has 0 saturated carbocycles. The Bertz CT molecular complexity index is 813. The van der Waals surface area contributed by atoms with E-state index >= 15 is 0 Å². The van der Waals surface area contributed by atoms with Crippen molar-refractivity contribution in [3.8, 4) is 5.75 Å². The molecule has 0 bridgehead atoms. The van der Waals surface area contributed by atoms with Gasteiger partial charge in [-0.1, -0.05) is 36.9 Å². The first kappa shape index (κ1) is 23.3. The Morgan fingerprint density at radius 2 is 2.07 bits per heavy atom. The number of rotatable bonds is 8. The van der Waals surface area contributed by atoms with Gasteiger partial charge in [-0.05, 0) is 59.0 Å². The molecule has 0 aromatic carbocycles. The Labute approximate surface area is 181 Å². The molecule has 1 aromatic rings. The number of aromatic nitrogens is 1. The van der Waals surface area contributed by atoms with Gasteiger partial charge in [0.2, 0.25) is 0 Å². The van der Waals surface area contributed by atoms with Crippen LogP contribution in [0, 0.1) is 6.92 Å². The summed E-state index contributed by atoms with van der Waals surface area (Å²) in [6.07, 6.45) is 11.7. The van der Waals surface area contributed by atoms with Crippen LogP contribution in [0.25, 0.3) is 0 Å². The van der Waals surface area contributed by atoms with E-state index in [1.165, 1.54) is 0 Å². The molecule has 1 aliphatic heterocycles. The highest BCUT2D eigenvalue weighted by Crippen LogP contribution is 2.30. The third-order valence-electron chi connectivity index (χ3n) is 4.14. The second-order valence-electron chi connectivity index (χ2n) is 6.40. The van der Waals surface area contributed by atoms with Gasteiger partial charge in [0.25, 0.3) is 0 Å². The maximum absolute atomic E-state index is 5.76. The fourth-order valence-electron chi connectivity index (χ4n) is 2.87. The minimum absolute atomic E-state index is 0.120. The van der Waals surface area contributed by atoms with Gasteiger partial charge >= 0.3 is 0 Å². The predicted molar refractivity (Wildman–Crippen MR) is 118 cm³/mol. The first-order chi connectivity index (χ1) is 14.1. The number of ether oxygens (including phenoxy) is 4. The van der Waals surface area contributed by atoms with Crippen molar-refractivity contribution in [2.75, 3.05) is 27.1 Å². The van der Waals surface area contributed by atoms with Gasteiger partial charge in [0.1, 0.15) is 0 Å². The average molecular weight is 462 g/mol. The van der Waals surface area contributed by atoms with Crippen LogP contribution in [0.1, 0.15) is 29.9 Å². The average Bonchev–Trinajstić information content (AvgIpc) is 3.22. The molecule has 6 heteroatoms. The SMILES string of the molecule is C=C/C=C(\C=C/C)Cc1cncc(OCOC)c(Br)cc(C2OCCO2)c(C)c1. The van der Waals surface area contributed by atoms with E-state index < -0.39 is 6.29 Å². The van der Waals surface area contributed by atoms with Gasteiger partial charge in [0.05, 0.1) is 23.9 Å². The van der Waals surface area contributed by atoms with E-state index in [4.69, 9.17) is 18.9 Å². The smallest absolute Gasteiger partial charge is 0.188 e. The van der Waals surface area contributed by atoms with Crippen LogP contribution in [-0.2, 0) is 20.6 Å². The van der Waals surface area contributed by atoms with Crippen molar-refractivity contribution in [2.24, 2.45) is 0 Å². The molecule has 29 heavy (non-hydrogen) atoms. The molecule has 156 valence electrons. The highest BCUT2D eigenvalue weighted by molar-refractivity contribution is 9.10. The lowest BCUT2D eigenvalue weighted by Crippen LogP contribution is -2.02. The van der Waals surface area contributed by atoms with Crippen LogP contribution in [-0.4, -0.2) is 32.1 Å². The molecule has 0 N–H and O–H groups in total. The molecule has 0 atom stereocenters. The van der Waals surface area contributed by atoms with Crippen molar-refractivity contribution in [1.82, 2.24) is 4.98 Å². The Morgan fingerprint density at radius 1 is 1.31 bits per heavy atom. The van der Waals surface area contributed by atoms with Crippen LogP contribution in [0.5, 0.6) is 5.75 Å². The number of allylic oxidation sites excluding steroid dienone is 5. The molecule has 0 unspecified atom stereocenters. The fraction of sp³-hybridized carbons (Fsp3) is 0.348. The Morgan fingerprint density at radius 3 is 2.72 bits per heavy atom. The quantitative estimate of drug-likeness (QED) is 0.375. The summed E-state index contributed by atoms with van der Waals surface area (Å²) in [4.78, 5) is 4.46. The minimum atomic E-state index is -0.418. The minimum Gasteiger partial charge on any atom is -0.465 e. The molecule has 0 aliphatic carbocycles. The number of hydrogen-bond donors (Lipinski definition) is 0. The van der Waals surface area contributed by atoms with Crippen LogP contribution in [0.15, 0.2) is 65.5 Å². The molecule has 0 radical (unpaired) electrons. The van der Waals surface area contributed by atoms with Crippen LogP contribution in [0.2, 0.25) is 0 Å². The van der Waals surface area contributed by atoms with Gasteiger partial charge in [-0.25, -0.2) is 0 Å². The van der Waals surface area contributed by atoms with Crippen LogP contribution >= 0.6 is 15.9 Å². The van der Waals surface area contributed by atoms with E-state index in [9.17, 15) is 0 Å². The summed E-state index contributed by atoms with van der Waals surface area (Å²) in [6, 6.07) is 4.06. The Kier molecular flexibility index (Phi) is 10.1. The number of hydrogen-bond acceptors (Lipinski definition) is 5. The summed E-state index contributed by atoms with van der Waals surface area (Å²) >= 11 is 3.58. The zero-order valence-corrected chi connectivity index (χ0v) is 18.8. The lowest BCUT2D eigenvalue weighted by atomic mass is 10.0. The summed E-state index contributed by atoms with van der Waals surface area (Å²) in [5, 5.41) is 0. The normalized spacial score (nSPS) is 14.8. The second kappa shape index (κ2) is 12.5. The van der Waals surface area contributed by atoms with E-state index in [1.807, 2.05) is 38.3 Å². The molecule has 1 aliphatic rings. The third kappa shape index (κ3) is 7.40. The number of aryl methyl sites for hydroxylation is 1. The summed E-state index contributed by atoms with van der Waals surface area (Å²) < 4.78 is 23.0. The van der Waals surface area contributed by atoms with Gasteiger partial charge in [-0.15, -0.1) is 0 Å². The van der Waals surface area contributed by atoms with Crippen molar-refractivity contribution in [1.29, 1.82) is 0 Å². The molecule has 0 spiro atoms. The fourth-order valence-corrected chi connectivity index (χ4v) is 3.34. The van der Waals surface area contributed by atoms with Crippen molar-refractivity contribution in [2.45, 2.75) is 26.6 Å². The van der Waals surface area contributed by atoms with Gasteiger partial charge < -0.3 is 18.9 Å². The standard InChI is InChI=1S/C23H28BrNO4/c1-5-7-18(8-6-2)12-19-11-17(3)20(23-27-9-10-28-23)13-21(24)22(15-25-14-19)29-16-26-4/h5-8,11,13-15,23H,1,9-10,12,16H2,2-4H3/b8-6-,17-11?,18-7+,19-11?,19-14?,20-13?,20-17?,21-13?,22-15?,22-21?,25-14?,25-15?. The third-order valence-corrected chi connectivity index (χ3v) is 4.76. The van der Waals surface area contributed by atoms with Gasteiger partial charge in [-0.3, -0.25) is 4.98 Å². The second-order valence-corrected chi connectivity index (χ2v) is 7.25. The molecule has 1 fully saturated rings. The molecular formula is C23H28BrNO4. The molecule has 1 aromatic heterocycles. The van der Waals surface area contributed by atoms with Gasteiger partial charge in [0, 0.05) is 18.9 Å². The summed E-state index contributed by atoms with van der Waals surface area (Å²) in [6.45, 7) is 9.10. The topological polar surface area (TPSA) is 49.8 Å². The molecular weight excluding hydrogens is 434 g/mol. The number of halogens is 1. The highest BCUT2D eigenvalue weighted by atomic mass is 79.9. The van der Waals surface area contributed by atoms with Gasteiger partial charge in [-0.2, -0.15) is 0 Å². The lowest BCUT2D eigenvalue weighted by molar-refractivity contribution is -0.0445. The maximum atomic E-state index is 5.76. The zero-order valence-electron chi connectivity index (χ0n) is 17.2. The highest BCUT2D eigenvalue weighted by Gasteiger charge is 2.20.